The Morgan fingerprint density at radius 3 is 2.56 bits per heavy atom. The van der Waals surface area contributed by atoms with Crippen LogP contribution >= 0.6 is 0 Å². The molecule has 2 amide bonds. The van der Waals surface area contributed by atoms with Gasteiger partial charge in [0.1, 0.15) is 5.56 Å². The minimum atomic E-state index is -1.15. The highest BCUT2D eigenvalue weighted by Gasteiger charge is 2.17. The molecule has 1 aromatic carbocycles. The number of aromatic carboxylic acids is 1. The first-order valence-corrected chi connectivity index (χ1v) is 7.95. The summed E-state index contributed by atoms with van der Waals surface area (Å²) in [5, 5.41) is 18.4. The number of carboxylic acid groups (broad SMARTS) is 1. The van der Waals surface area contributed by atoms with Crippen LogP contribution in [-0.4, -0.2) is 39.2 Å². The van der Waals surface area contributed by atoms with Crippen LogP contribution in [0.1, 0.15) is 40.5 Å². The summed E-state index contributed by atoms with van der Waals surface area (Å²) in [5.74, 6) is -1.66. The van der Waals surface area contributed by atoms with Crippen molar-refractivity contribution in [1.82, 2.24) is 15.1 Å². The summed E-state index contributed by atoms with van der Waals surface area (Å²) >= 11 is 0. The molecule has 8 heteroatoms. The standard InChI is InChI=1S/C17H20N4O4/c1-2-21-11-13(17(24)25)15(20-21)19-14(22)9-6-10-18-16(23)12-7-4-3-5-8-12/h3-5,7-8,11H,2,6,9-10H2,1H3,(H,18,23)(H,24,25)(H,19,20,22). The van der Waals surface area contributed by atoms with Crippen LogP contribution in [-0.2, 0) is 11.3 Å². The van der Waals surface area contributed by atoms with Gasteiger partial charge in [0, 0.05) is 31.3 Å². The number of carboxylic acids is 1. The molecule has 1 aromatic heterocycles. The third-order valence-electron chi connectivity index (χ3n) is 3.48. The maximum Gasteiger partial charge on any atom is 0.341 e. The lowest BCUT2D eigenvalue weighted by atomic mass is 10.2. The van der Waals surface area contributed by atoms with Crippen LogP contribution in [0.3, 0.4) is 0 Å². The van der Waals surface area contributed by atoms with Gasteiger partial charge < -0.3 is 15.7 Å². The molecule has 0 unspecified atom stereocenters. The van der Waals surface area contributed by atoms with Gasteiger partial charge in [-0.15, -0.1) is 0 Å². The lowest BCUT2D eigenvalue weighted by Gasteiger charge is -2.06. The molecule has 0 fully saturated rings. The Bertz CT molecular complexity index is 755. The number of aromatic nitrogens is 2. The number of benzene rings is 1. The second kappa shape index (κ2) is 8.62. The summed E-state index contributed by atoms with van der Waals surface area (Å²) in [7, 11) is 0. The summed E-state index contributed by atoms with van der Waals surface area (Å²) in [6.45, 7) is 2.66. The first-order chi connectivity index (χ1) is 12.0. The van der Waals surface area contributed by atoms with Gasteiger partial charge in [0.15, 0.2) is 5.82 Å². The van der Waals surface area contributed by atoms with E-state index in [4.69, 9.17) is 5.11 Å². The van der Waals surface area contributed by atoms with E-state index in [2.05, 4.69) is 15.7 Å². The third kappa shape index (κ3) is 5.17. The maximum absolute atomic E-state index is 11.9. The van der Waals surface area contributed by atoms with Gasteiger partial charge in [0.25, 0.3) is 5.91 Å². The first-order valence-electron chi connectivity index (χ1n) is 7.95. The zero-order valence-corrected chi connectivity index (χ0v) is 13.9. The van der Waals surface area contributed by atoms with Gasteiger partial charge in [-0.3, -0.25) is 14.3 Å². The van der Waals surface area contributed by atoms with Gasteiger partial charge in [-0.05, 0) is 25.5 Å². The van der Waals surface area contributed by atoms with Gasteiger partial charge in [0.2, 0.25) is 5.91 Å². The number of hydrogen-bond acceptors (Lipinski definition) is 4. The smallest absolute Gasteiger partial charge is 0.341 e. The van der Waals surface area contributed by atoms with Crippen LogP contribution in [0.2, 0.25) is 0 Å². The zero-order valence-electron chi connectivity index (χ0n) is 13.9. The molecule has 2 aromatic rings. The Balaban J connectivity index is 1.79. The number of amides is 2. The number of nitrogens with one attached hydrogen (secondary N) is 2. The van der Waals surface area contributed by atoms with Crippen molar-refractivity contribution in [2.45, 2.75) is 26.3 Å². The van der Waals surface area contributed by atoms with E-state index in [1.165, 1.54) is 10.9 Å². The van der Waals surface area contributed by atoms with E-state index >= 15 is 0 Å². The van der Waals surface area contributed by atoms with E-state index in [0.29, 0.717) is 25.1 Å². The average Bonchev–Trinajstić information content (AvgIpc) is 3.02. The molecule has 0 bridgehead atoms. The first kappa shape index (κ1) is 18.2. The summed E-state index contributed by atoms with van der Waals surface area (Å²) in [6.07, 6.45) is 1.95. The van der Waals surface area contributed by atoms with Crippen molar-refractivity contribution in [3.63, 3.8) is 0 Å². The van der Waals surface area contributed by atoms with Crippen LogP contribution in [0.5, 0.6) is 0 Å². The van der Waals surface area contributed by atoms with Gasteiger partial charge >= 0.3 is 5.97 Å². The van der Waals surface area contributed by atoms with E-state index in [1.54, 1.807) is 24.3 Å². The number of nitrogens with zero attached hydrogens (tertiary/aromatic N) is 2. The average molecular weight is 344 g/mol. The van der Waals surface area contributed by atoms with Crippen molar-refractivity contribution < 1.29 is 19.5 Å². The fraction of sp³-hybridized carbons (Fsp3) is 0.294. The Kier molecular flexibility index (Phi) is 6.27. The van der Waals surface area contributed by atoms with Gasteiger partial charge in [0.05, 0.1) is 0 Å². The van der Waals surface area contributed by atoms with Crippen LogP contribution in [0, 0.1) is 0 Å². The summed E-state index contributed by atoms with van der Waals surface area (Å²) in [6, 6.07) is 8.79. The number of aryl methyl sites for hydroxylation is 1. The molecule has 3 N–H and O–H groups in total. The highest BCUT2D eigenvalue weighted by atomic mass is 16.4. The molecule has 0 radical (unpaired) electrons. The maximum atomic E-state index is 11.9. The van der Waals surface area contributed by atoms with E-state index < -0.39 is 5.97 Å². The molecule has 0 saturated carbocycles. The number of carbonyl (C=O) groups excluding carboxylic acids is 2. The molecule has 2 rings (SSSR count). The van der Waals surface area contributed by atoms with Crippen molar-refractivity contribution in [2.75, 3.05) is 11.9 Å². The fourth-order valence-electron chi connectivity index (χ4n) is 2.17. The molecule has 0 saturated heterocycles. The molecule has 25 heavy (non-hydrogen) atoms. The number of hydrogen-bond donors (Lipinski definition) is 3. The minimum Gasteiger partial charge on any atom is -0.477 e. The molecule has 0 aliphatic rings. The van der Waals surface area contributed by atoms with Crippen molar-refractivity contribution in [1.29, 1.82) is 0 Å². The molecule has 0 spiro atoms. The Labute approximate surface area is 144 Å². The molecule has 8 nitrogen and oxygen atoms in total. The monoisotopic (exact) mass is 344 g/mol. The lowest BCUT2D eigenvalue weighted by molar-refractivity contribution is -0.116. The van der Waals surface area contributed by atoms with Crippen molar-refractivity contribution in [2.24, 2.45) is 0 Å². The summed E-state index contributed by atoms with van der Waals surface area (Å²) in [4.78, 5) is 34.9. The predicted molar refractivity (Wildman–Crippen MR) is 91.5 cm³/mol. The number of carbonyl (C=O) groups is 3. The van der Waals surface area contributed by atoms with E-state index in [9.17, 15) is 14.4 Å². The molecule has 132 valence electrons. The van der Waals surface area contributed by atoms with Crippen molar-refractivity contribution in [3.05, 3.63) is 47.7 Å². The highest BCUT2D eigenvalue weighted by Crippen LogP contribution is 2.13. The SMILES string of the molecule is CCn1cc(C(=O)O)c(NC(=O)CCCNC(=O)c2ccccc2)n1. The Morgan fingerprint density at radius 2 is 1.92 bits per heavy atom. The summed E-state index contributed by atoms with van der Waals surface area (Å²) < 4.78 is 1.44. The van der Waals surface area contributed by atoms with E-state index in [-0.39, 0.29) is 29.6 Å². The molecule has 0 aliphatic heterocycles. The van der Waals surface area contributed by atoms with Crippen molar-refractivity contribution >= 4 is 23.6 Å². The zero-order chi connectivity index (χ0) is 18.2. The van der Waals surface area contributed by atoms with Crippen molar-refractivity contribution in [3.8, 4) is 0 Å². The molecular weight excluding hydrogens is 324 g/mol. The highest BCUT2D eigenvalue weighted by molar-refractivity contribution is 5.99. The van der Waals surface area contributed by atoms with Gasteiger partial charge in [-0.1, -0.05) is 18.2 Å². The largest absolute Gasteiger partial charge is 0.477 e. The van der Waals surface area contributed by atoms with Crippen LogP contribution in [0.25, 0.3) is 0 Å². The molecule has 0 aliphatic carbocycles. The van der Waals surface area contributed by atoms with Crippen LogP contribution in [0.4, 0.5) is 5.82 Å². The second-order valence-corrected chi connectivity index (χ2v) is 5.33. The normalized spacial score (nSPS) is 10.3. The Hall–Kier alpha value is -3.16. The van der Waals surface area contributed by atoms with Crippen LogP contribution in [0.15, 0.2) is 36.5 Å². The fourth-order valence-corrected chi connectivity index (χ4v) is 2.17. The lowest BCUT2D eigenvalue weighted by Crippen LogP contribution is -2.25. The Morgan fingerprint density at radius 1 is 1.20 bits per heavy atom. The molecular formula is C17H20N4O4. The van der Waals surface area contributed by atoms with Gasteiger partial charge in [-0.2, -0.15) is 5.10 Å². The number of anilines is 1. The summed E-state index contributed by atoms with van der Waals surface area (Å²) in [5.41, 5.74) is 0.510. The number of rotatable bonds is 8. The third-order valence-corrected chi connectivity index (χ3v) is 3.48. The minimum absolute atomic E-state index is 0.0349. The topological polar surface area (TPSA) is 113 Å². The quantitative estimate of drug-likeness (QED) is 0.631. The van der Waals surface area contributed by atoms with Crippen LogP contribution < -0.4 is 10.6 Å². The van der Waals surface area contributed by atoms with Gasteiger partial charge in [-0.25, -0.2) is 4.79 Å². The molecule has 1 heterocycles. The molecule has 0 atom stereocenters. The predicted octanol–water partition coefficient (Wildman–Crippen LogP) is 1.75. The van der Waals surface area contributed by atoms with E-state index in [1.807, 2.05) is 13.0 Å². The van der Waals surface area contributed by atoms with E-state index in [0.717, 1.165) is 0 Å². The second-order valence-electron chi connectivity index (χ2n) is 5.33.